The minimum Gasteiger partial charge on any atom is -0.493 e. The summed E-state index contributed by atoms with van der Waals surface area (Å²) in [7, 11) is 1.58. The SMILES string of the molecule is COCCC(C)(O)CNC(=O)CCOc1ccccc1. The highest BCUT2D eigenvalue weighted by molar-refractivity contribution is 5.76. The fraction of sp³-hybridized carbons (Fsp3) is 0.533. The van der Waals surface area contributed by atoms with E-state index in [2.05, 4.69) is 5.32 Å². The molecule has 0 heterocycles. The summed E-state index contributed by atoms with van der Waals surface area (Å²) in [6, 6.07) is 9.34. The van der Waals surface area contributed by atoms with Gasteiger partial charge in [-0.25, -0.2) is 0 Å². The first-order valence-electron chi connectivity index (χ1n) is 6.69. The van der Waals surface area contributed by atoms with Crippen LogP contribution in [-0.2, 0) is 9.53 Å². The van der Waals surface area contributed by atoms with Crippen molar-refractivity contribution in [1.82, 2.24) is 5.32 Å². The van der Waals surface area contributed by atoms with Gasteiger partial charge in [0, 0.05) is 26.7 Å². The first-order valence-corrected chi connectivity index (χ1v) is 6.69. The van der Waals surface area contributed by atoms with Crippen LogP contribution in [0.1, 0.15) is 19.8 Å². The van der Waals surface area contributed by atoms with Crippen LogP contribution < -0.4 is 10.1 Å². The van der Waals surface area contributed by atoms with E-state index in [0.717, 1.165) is 5.75 Å². The van der Waals surface area contributed by atoms with Crippen LogP contribution in [0.2, 0.25) is 0 Å². The molecule has 112 valence electrons. The molecule has 1 unspecified atom stereocenters. The molecule has 5 heteroatoms. The lowest BCUT2D eigenvalue weighted by atomic mass is 10.0. The summed E-state index contributed by atoms with van der Waals surface area (Å²) in [6.07, 6.45) is 0.736. The predicted molar refractivity (Wildman–Crippen MR) is 76.7 cm³/mol. The Morgan fingerprint density at radius 2 is 2.00 bits per heavy atom. The van der Waals surface area contributed by atoms with Crippen LogP contribution in [0.25, 0.3) is 0 Å². The van der Waals surface area contributed by atoms with Crippen LogP contribution in [0.5, 0.6) is 5.75 Å². The lowest BCUT2D eigenvalue weighted by molar-refractivity contribution is -0.122. The summed E-state index contributed by atoms with van der Waals surface area (Å²) in [6.45, 7) is 2.66. The zero-order valence-corrected chi connectivity index (χ0v) is 12.1. The van der Waals surface area contributed by atoms with Crippen molar-refractivity contribution in [3.8, 4) is 5.75 Å². The molecule has 1 aromatic carbocycles. The molecule has 0 bridgehead atoms. The van der Waals surface area contributed by atoms with E-state index >= 15 is 0 Å². The molecule has 2 N–H and O–H groups in total. The summed E-state index contributed by atoms with van der Waals surface area (Å²) in [5.74, 6) is 0.603. The van der Waals surface area contributed by atoms with E-state index < -0.39 is 5.60 Å². The number of para-hydroxylation sites is 1. The molecule has 0 aliphatic rings. The molecule has 1 amide bonds. The van der Waals surface area contributed by atoms with Gasteiger partial charge in [0.05, 0.1) is 18.6 Å². The molecule has 0 aromatic heterocycles. The highest BCUT2D eigenvalue weighted by Crippen LogP contribution is 2.09. The maximum absolute atomic E-state index is 11.6. The Kier molecular flexibility index (Phi) is 7.04. The lowest BCUT2D eigenvalue weighted by Crippen LogP contribution is -2.41. The van der Waals surface area contributed by atoms with Gasteiger partial charge < -0.3 is 19.9 Å². The molecule has 0 radical (unpaired) electrons. The second-order valence-corrected chi connectivity index (χ2v) is 4.93. The van der Waals surface area contributed by atoms with Crippen LogP contribution >= 0.6 is 0 Å². The molecule has 20 heavy (non-hydrogen) atoms. The van der Waals surface area contributed by atoms with Gasteiger partial charge in [-0.1, -0.05) is 18.2 Å². The van der Waals surface area contributed by atoms with E-state index in [1.165, 1.54) is 0 Å². The second kappa shape index (κ2) is 8.55. The molecule has 0 saturated heterocycles. The minimum atomic E-state index is -0.952. The first-order chi connectivity index (χ1) is 9.53. The molecule has 1 aromatic rings. The monoisotopic (exact) mass is 281 g/mol. The number of benzene rings is 1. The normalized spacial score (nSPS) is 13.6. The van der Waals surface area contributed by atoms with E-state index in [-0.39, 0.29) is 18.9 Å². The predicted octanol–water partition coefficient (Wildman–Crippen LogP) is 1.36. The summed E-state index contributed by atoms with van der Waals surface area (Å²) >= 11 is 0. The van der Waals surface area contributed by atoms with Gasteiger partial charge in [-0.05, 0) is 19.1 Å². The van der Waals surface area contributed by atoms with Gasteiger partial charge >= 0.3 is 0 Å². The number of carbonyl (C=O) groups excluding carboxylic acids is 1. The number of nitrogens with one attached hydrogen (secondary N) is 1. The van der Waals surface area contributed by atoms with Crippen molar-refractivity contribution >= 4 is 5.91 Å². The molecule has 0 fully saturated rings. The molecular formula is C15H23NO4. The topological polar surface area (TPSA) is 67.8 Å². The van der Waals surface area contributed by atoms with E-state index in [1.54, 1.807) is 14.0 Å². The average molecular weight is 281 g/mol. The molecule has 0 aliphatic heterocycles. The number of aliphatic hydroxyl groups is 1. The minimum absolute atomic E-state index is 0.140. The third kappa shape index (κ3) is 7.11. The maximum Gasteiger partial charge on any atom is 0.223 e. The maximum atomic E-state index is 11.6. The van der Waals surface area contributed by atoms with Gasteiger partial charge in [-0.3, -0.25) is 4.79 Å². The summed E-state index contributed by atoms with van der Waals surface area (Å²) in [5.41, 5.74) is -0.952. The quantitative estimate of drug-likeness (QED) is 0.717. The van der Waals surface area contributed by atoms with Crippen LogP contribution in [0.3, 0.4) is 0 Å². The van der Waals surface area contributed by atoms with Crippen molar-refractivity contribution in [3.63, 3.8) is 0 Å². The van der Waals surface area contributed by atoms with Crippen molar-refractivity contribution in [2.75, 3.05) is 26.9 Å². The van der Waals surface area contributed by atoms with Crippen LogP contribution in [-0.4, -0.2) is 43.5 Å². The van der Waals surface area contributed by atoms with Crippen molar-refractivity contribution in [1.29, 1.82) is 0 Å². The van der Waals surface area contributed by atoms with E-state index in [4.69, 9.17) is 9.47 Å². The zero-order valence-electron chi connectivity index (χ0n) is 12.1. The van der Waals surface area contributed by atoms with Crippen LogP contribution in [0.4, 0.5) is 0 Å². The van der Waals surface area contributed by atoms with Crippen LogP contribution in [0.15, 0.2) is 30.3 Å². The van der Waals surface area contributed by atoms with Crippen molar-refractivity contribution in [2.45, 2.75) is 25.4 Å². The van der Waals surface area contributed by atoms with Gasteiger partial charge in [0.15, 0.2) is 0 Å². The van der Waals surface area contributed by atoms with Gasteiger partial charge in [-0.2, -0.15) is 0 Å². The second-order valence-electron chi connectivity index (χ2n) is 4.93. The molecule has 5 nitrogen and oxygen atoms in total. The Labute approximate surface area is 119 Å². The van der Waals surface area contributed by atoms with Gasteiger partial charge in [-0.15, -0.1) is 0 Å². The molecule has 0 aliphatic carbocycles. The fourth-order valence-electron chi connectivity index (χ4n) is 1.57. The summed E-state index contributed by atoms with van der Waals surface area (Å²) < 4.78 is 10.3. The first kappa shape index (κ1) is 16.5. The number of hydrogen-bond donors (Lipinski definition) is 2. The van der Waals surface area contributed by atoms with Crippen molar-refractivity contribution < 1.29 is 19.4 Å². The van der Waals surface area contributed by atoms with Crippen molar-refractivity contribution in [3.05, 3.63) is 30.3 Å². The van der Waals surface area contributed by atoms with E-state index in [0.29, 0.717) is 19.6 Å². The lowest BCUT2D eigenvalue weighted by Gasteiger charge is -2.23. The fourth-order valence-corrected chi connectivity index (χ4v) is 1.57. The van der Waals surface area contributed by atoms with Gasteiger partial charge in [0.1, 0.15) is 5.75 Å². The van der Waals surface area contributed by atoms with Gasteiger partial charge in [0.2, 0.25) is 5.91 Å². The molecule has 1 atom stereocenters. The summed E-state index contributed by atoms with van der Waals surface area (Å²) in [4.78, 5) is 11.6. The molecular weight excluding hydrogens is 258 g/mol. The molecule has 0 saturated carbocycles. The highest BCUT2D eigenvalue weighted by Gasteiger charge is 2.20. The molecule has 1 rings (SSSR count). The zero-order chi connectivity index (χ0) is 14.8. The van der Waals surface area contributed by atoms with E-state index in [1.807, 2.05) is 30.3 Å². The number of carbonyl (C=O) groups is 1. The Morgan fingerprint density at radius 3 is 2.65 bits per heavy atom. The average Bonchev–Trinajstić information content (AvgIpc) is 2.44. The smallest absolute Gasteiger partial charge is 0.223 e. The molecule has 0 spiro atoms. The van der Waals surface area contributed by atoms with Gasteiger partial charge in [0.25, 0.3) is 0 Å². The van der Waals surface area contributed by atoms with Crippen LogP contribution in [0, 0.1) is 0 Å². The Morgan fingerprint density at radius 1 is 1.30 bits per heavy atom. The Balaban J connectivity index is 2.17. The number of rotatable bonds is 9. The largest absolute Gasteiger partial charge is 0.493 e. The number of ether oxygens (including phenoxy) is 2. The number of hydrogen-bond acceptors (Lipinski definition) is 4. The van der Waals surface area contributed by atoms with Crippen molar-refractivity contribution in [2.24, 2.45) is 0 Å². The third-order valence-electron chi connectivity index (χ3n) is 2.85. The highest BCUT2D eigenvalue weighted by atomic mass is 16.5. The number of methoxy groups -OCH3 is 1. The number of amides is 1. The Bertz CT molecular complexity index is 392. The standard InChI is InChI=1S/C15H23NO4/c1-15(18,9-11-19-2)12-16-14(17)8-10-20-13-6-4-3-5-7-13/h3-7,18H,8-12H2,1-2H3,(H,16,17). The Hall–Kier alpha value is -1.59. The summed E-state index contributed by atoms with van der Waals surface area (Å²) in [5, 5.41) is 12.7. The van der Waals surface area contributed by atoms with E-state index in [9.17, 15) is 9.90 Å². The third-order valence-corrected chi connectivity index (χ3v) is 2.85.